The molecule has 7 heteroatoms. The lowest BCUT2D eigenvalue weighted by atomic mass is 10.2. The standard InChI is InChI=1S/C22H18BrN3O2S/c1-14(2)28-22(27)15-6-8-19(9-7-15)25-12-17(11-24)21-26-20(13-29-21)16-4-3-5-18(23)10-16/h3-10,12-14,25H,1-2H3. The quantitative estimate of drug-likeness (QED) is 0.349. The molecule has 0 unspecified atom stereocenters. The number of hydrogen-bond donors (Lipinski definition) is 1. The van der Waals surface area contributed by atoms with Crippen LogP contribution in [0.4, 0.5) is 5.69 Å². The summed E-state index contributed by atoms with van der Waals surface area (Å²) in [6, 6.07) is 16.9. The minimum absolute atomic E-state index is 0.165. The molecule has 0 saturated heterocycles. The number of ether oxygens (including phenoxy) is 1. The van der Waals surface area contributed by atoms with Crippen molar-refractivity contribution in [2.75, 3.05) is 5.32 Å². The molecule has 0 fully saturated rings. The summed E-state index contributed by atoms with van der Waals surface area (Å²) in [7, 11) is 0. The molecule has 146 valence electrons. The highest BCUT2D eigenvalue weighted by Gasteiger charge is 2.10. The summed E-state index contributed by atoms with van der Waals surface area (Å²) in [5, 5.41) is 15.2. The van der Waals surface area contributed by atoms with E-state index >= 15 is 0 Å². The van der Waals surface area contributed by atoms with Gasteiger partial charge in [-0.1, -0.05) is 28.1 Å². The van der Waals surface area contributed by atoms with E-state index in [-0.39, 0.29) is 12.1 Å². The molecule has 0 aliphatic heterocycles. The molecule has 0 amide bonds. The van der Waals surface area contributed by atoms with Crippen molar-refractivity contribution in [2.24, 2.45) is 0 Å². The van der Waals surface area contributed by atoms with Gasteiger partial charge in [-0.2, -0.15) is 5.26 Å². The fraction of sp³-hybridized carbons (Fsp3) is 0.136. The van der Waals surface area contributed by atoms with Crippen LogP contribution in [0.2, 0.25) is 0 Å². The van der Waals surface area contributed by atoms with Crippen LogP contribution < -0.4 is 5.32 Å². The Balaban J connectivity index is 1.73. The number of nitrogens with one attached hydrogen (secondary N) is 1. The number of carbonyl (C=O) groups excluding carboxylic acids is 1. The van der Waals surface area contributed by atoms with Crippen molar-refractivity contribution in [3.63, 3.8) is 0 Å². The van der Waals surface area contributed by atoms with E-state index in [2.05, 4.69) is 32.3 Å². The van der Waals surface area contributed by atoms with Crippen molar-refractivity contribution in [2.45, 2.75) is 20.0 Å². The van der Waals surface area contributed by atoms with Crippen LogP contribution in [-0.2, 0) is 4.74 Å². The highest BCUT2D eigenvalue weighted by atomic mass is 79.9. The maximum absolute atomic E-state index is 11.9. The predicted molar refractivity (Wildman–Crippen MR) is 119 cm³/mol. The van der Waals surface area contributed by atoms with E-state index in [1.165, 1.54) is 11.3 Å². The molecule has 0 bridgehead atoms. The molecular weight excluding hydrogens is 450 g/mol. The average molecular weight is 468 g/mol. The number of anilines is 1. The van der Waals surface area contributed by atoms with Crippen molar-refractivity contribution in [1.82, 2.24) is 4.98 Å². The Kier molecular flexibility index (Phi) is 6.81. The van der Waals surface area contributed by atoms with Crippen LogP contribution in [0.5, 0.6) is 0 Å². The molecule has 0 saturated carbocycles. The molecule has 3 rings (SSSR count). The summed E-state index contributed by atoms with van der Waals surface area (Å²) >= 11 is 4.87. The van der Waals surface area contributed by atoms with E-state index in [1.54, 1.807) is 30.5 Å². The normalized spacial score (nSPS) is 11.2. The zero-order valence-electron chi connectivity index (χ0n) is 15.8. The van der Waals surface area contributed by atoms with Crippen LogP contribution in [0.15, 0.2) is 64.6 Å². The largest absolute Gasteiger partial charge is 0.459 e. The number of nitrogens with zero attached hydrogens (tertiary/aromatic N) is 2. The lowest BCUT2D eigenvalue weighted by molar-refractivity contribution is 0.0378. The summed E-state index contributed by atoms with van der Waals surface area (Å²) in [5.74, 6) is -0.359. The van der Waals surface area contributed by atoms with Crippen LogP contribution in [0.1, 0.15) is 29.2 Å². The molecule has 5 nitrogen and oxygen atoms in total. The third-order valence-corrected chi connectivity index (χ3v) is 5.19. The Bertz CT molecular complexity index is 1080. The second-order valence-electron chi connectivity index (χ2n) is 6.39. The first kappa shape index (κ1) is 20.8. The van der Waals surface area contributed by atoms with Crippen molar-refractivity contribution >= 4 is 44.5 Å². The van der Waals surface area contributed by atoms with E-state index < -0.39 is 0 Å². The molecule has 0 aliphatic rings. The monoisotopic (exact) mass is 467 g/mol. The van der Waals surface area contributed by atoms with Crippen LogP contribution in [0.25, 0.3) is 16.8 Å². The van der Waals surface area contributed by atoms with Gasteiger partial charge in [0, 0.05) is 27.3 Å². The smallest absolute Gasteiger partial charge is 0.338 e. The summed E-state index contributed by atoms with van der Waals surface area (Å²) in [6.07, 6.45) is 1.45. The average Bonchev–Trinajstić information content (AvgIpc) is 3.18. The molecule has 1 N–H and O–H groups in total. The second kappa shape index (κ2) is 9.50. The van der Waals surface area contributed by atoms with Gasteiger partial charge in [-0.15, -0.1) is 11.3 Å². The molecule has 1 heterocycles. The summed E-state index contributed by atoms with van der Waals surface area (Å²) in [5.41, 5.74) is 3.46. The Hall–Kier alpha value is -2.95. The third-order valence-electron chi connectivity index (χ3n) is 3.82. The van der Waals surface area contributed by atoms with E-state index in [0.29, 0.717) is 16.1 Å². The van der Waals surface area contributed by atoms with Crippen LogP contribution in [0, 0.1) is 11.3 Å². The molecule has 1 aromatic heterocycles. The Morgan fingerprint density at radius 2 is 2.03 bits per heavy atom. The number of esters is 1. The van der Waals surface area contributed by atoms with Gasteiger partial charge in [-0.05, 0) is 50.2 Å². The minimum Gasteiger partial charge on any atom is -0.459 e. The maximum Gasteiger partial charge on any atom is 0.338 e. The van der Waals surface area contributed by atoms with Gasteiger partial charge in [0.25, 0.3) is 0 Å². The number of carbonyl (C=O) groups is 1. The molecule has 0 radical (unpaired) electrons. The SMILES string of the molecule is CC(C)OC(=O)c1ccc(NC=C(C#N)c2nc(-c3cccc(Br)c3)cs2)cc1. The molecule has 0 aliphatic carbocycles. The predicted octanol–water partition coefficient (Wildman–Crippen LogP) is 6.11. The number of benzene rings is 2. The van der Waals surface area contributed by atoms with E-state index in [1.807, 2.05) is 43.5 Å². The summed E-state index contributed by atoms with van der Waals surface area (Å²) in [6.45, 7) is 3.62. The van der Waals surface area contributed by atoms with Crippen molar-refractivity contribution in [3.8, 4) is 17.3 Å². The zero-order chi connectivity index (χ0) is 20.8. The third kappa shape index (κ3) is 5.53. The number of halogens is 1. The maximum atomic E-state index is 11.9. The van der Waals surface area contributed by atoms with Gasteiger partial charge in [0.05, 0.1) is 17.4 Å². The number of hydrogen-bond acceptors (Lipinski definition) is 6. The Labute approximate surface area is 181 Å². The van der Waals surface area contributed by atoms with Gasteiger partial charge in [0.15, 0.2) is 0 Å². The molecule has 0 spiro atoms. The first-order valence-corrected chi connectivity index (χ1v) is 10.5. The lowest BCUT2D eigenvalue weighted by Crippen LogP contribution is -2.11. The topological polar surface area (TPSA) is 75.0 Å². The summed E-state index contributed by atoms with van der Waals surface area (Å²) < 4.78 is 6.15. The molecular formula is C22H18BrN3O2S. The van der Waals surface area contributed by atoms with Crippen LogP contribution in [0.3, 0.4) is 0 Å². The number of thiazole rings is 1. The first-order valence-electron chi connectivity index (χ1n) is 8.86. The first-order chi connectivity index (χ1) is 14.0. The fourth-order valence-electron chi connectivity index (χ4n) is 2.46. The van der Waals surface area contributed by atoms with E-state index in [4.69, 9.17) is 4.74 Å². The Morgan fingerprint density at radius 1 is 1.28 bits per heavy atom. The minimum atomic E-state index is -0.359. The van der Waals surface area contributed by atoms with Gasteiger partial charge >= 0.3 is 5.97 Å². The zero-order valence-corrected chi connectivity index (χ0v) is 18.3. The van der Waals surface area contributed by atoms with E-state index in [9.17, 15) is 10.1 Å². The van der Waals surface area contributed by atoms with Crippen molar-refractivity contribution in [3.05, 3.63) is 75.2 Å². The van der Waals surface area contributed by atoms with Gasteiger partial charge in [0.1, 0.15) is 16.6 Å². The second-order valence-corrected chi connectivity index (χ2v) is 8.17. The number of nitriles is 1. The van der Waals surface area contributed by atoms with Gasteiger partial charge in [-0.25, -0.2) is 9.78 Å². The number of allylic oxidation sites excluding steroid dienone is 1. The highest BCUT2D eigenvalue weighted by Crippen LogP contribution is 2.27. The lowest BCUT2D eigenvalue weighted by Gasteiger charge is -2.08. The van der Waals surface area contributed by atoms with Crippen molar-refractivity contribution < 1.29 is 9.53 Å². The molecule has 3 aromatic rings. The fourth-order valence-corrected chi connectivity index (χ4v) is 3.65. The molecule has 2 aromatic carbocycles. The molecule has 0 atom stereocenters. The van der Waals surface area contributed by atoms with Crippen molar-refractivity contribution in [1.29, 1.82) is 5.26 Å². The molecule has 29 heavy (non-hydrogen) atoms. The number of aromatic nitrogens is 1. The number of rotatable bonds is 6. The Morgan fingerprint density at radius 3 is 2.69 bits per heavy atom. The van der Waals surface area contributed by atoms with Crippen LogP contribution in [-0.4, -0.2) is 17.1 Å². The van der Waals surface area contributed by atoms with Gasteiger partial charge in [0.2, 0.25) is 0 Å². The highest BCUT2D eigenvalue weighted by molar-refractivity contribution is 9.10. The van der Waals surface area contributed by atoms with Gasteiger partial charge in [-0.3, -0.25) is 0 Å². The van der Waals surface area contributed by atoms with Gasteiger partial charge < -0.3 is 10.1 Å². The summed E-state index contributed by atoms with van der Waals surface area (Å²) in [4.78, 5) is 16.5. The van der Waals surface area contributed by atoms with Crippen LogP contribution >= 0.6 is 27.3 Å². The van der Waals surface area contributed by atoms with E-state index in [0.717, 1.165) is 21.4 Å².